The van der Waals surface area contributed by atoms with Gasteiger partial charge in [-0.2, -0.15) is 5.10 Å². The normalized spacial score (nSPS) is 10.6. The molecule has 0 aliphatic heterocycles. The van der Waals surface area contributed by atoms with Crippen LogP contribution in [0.5, 0.6) is 0 Å². The van der Waals surface area contributed by atoms with Crippen LogP contribution in [-0.2, 0) is 6.54 Å². The molecular formula is C13H17N3. The molecule has 2 N–H and O–H groups in total. The van der Waals surface area contributed by atoms with E-state index in [0.717, 1.165) is 24.2 Å². The lowest BCUT2D eigenvalue weighted by Gasteiger charge is -2.03. The Morgan fingerprint density at radius 1 is 1.38 bits per heavy atom. The maximum absolute atomic E-state index is 5.74. The van der Waals surface area contributed by atoms with E-state index in [4.69, 9.17) is 5.73 Å². The van der Waals surface area contributed by atoms with Crippen LogP contribution >= 0.6 is 0 Å². The molecule has 2 rings (SSSR count). The molecule has 0 atom stereocenters. The molecule has 3 heteroatoms. The average Bonchev–Trinajstić information content (AvgIpc) is 2.67. The Bertz CT molecular complexity index is 486. The minimum Gasteiger partial charge on any atom is -0.399 e. The predicted octanol–water partition coefficient (Wildman–Crippen LogP) is 2.85. The van der Waals surface area contributed by atoms with Gasteiger partial charge < -0.3 is 5.73 Å². The van der Waals surface area contributed by atoms with E-state index in [1.54, 1.807) is 0 Å². The minimum atomic E-state index is 0.808. The Morgan fingerprint density at radius 3 is 2.88 bits per heavy atom. The van der Waals surface area contributed by atoms with Gasteiger partial charge in [-0.05, 0) is 36.6 Å². The molecule has 1 aromatic heterocycles. The summed E-state index contributed by atoms with van der Waals surface area (Å²) in [6.45, 7) is 5.19. The van der Waals surface area contributed by atoms with Crippen LogP contribution in [0, 0.1) is 6.92 Å². The Balaban J connectivity index is 2.35. The molecule has 2 aromatic rings. The standard InChI is InChI=1S/C13H17N3/c1-3-6-16-9-11(8-15-16)13-5-4-12(14)7-10(13)2/h4-5,7-9H,3,6,14H2,1-2H3. The van der Waals surface area contributed by atoms with Crippen LogP contribution in [0.2, 0.25) is 0 Å². The molecule has 0 saturated carbocycles. The highest BCUT2D eigenvalue weighted by atomic mass is 15.3. The van der Waals surface area contributed by atoms with Crippen LogP contribution in [0.15, 0.2) is 30.6 Å². The SMILES string of the molecule is CCCn1cc(-c2ccc(N)cc2C)cn1. The van der Waals surface area contributed by atoms with Crippen LogP contribution in [0.4, 0.5) is 5.69 Å². The number of nitrogen functional groups attached to an aromatic ring is 1. The van der Waals surface area contributed by atoms with Crippen LogP contribution in [-0.4, -0.2) is 9.78 Å². The van der Waals surface area contributed by atoms with Crippen molar-refractivity contribution in [2.45, 2.75) is 26.8 Å². The molecule has 0 aliphatic carbocycles. The van der Waals surface area contributed by atoms with Gasteiger partial charge in [0.15, 0.2) is 0 Å². The van der Waals surface area contributed by atoms with Gasteiger partial charge in [0.2, 0.25) is 0 Å². The van der Waals surface area contributed by atoms with Crippen molar-refractivity contribution in [3.05, 3.63) is 36.2 Å². The quantitative estimate of drug-likeness (QED) is 0.800. The maximum Gasteiger partial charge on any atom is 0.0568 e. The third kappa shape index (κ3) is 2.08. The van der Waals surface area contributed by atoms with Gasteiger partial charge in [0, 0.05) is 24.0 Å². The fourth-order valence-electron chi connectivity index (χ4n) is 1.86. The number of nitrogens with two attached hydrogens (primary N) is 1. The number of aromatic nitrogens is 2. The summed E-state index contributed by atoms with van der Waals surface area (Å²) in [4.78, 5) is 0. The Labute approximate surface area is 95.9 Å². The maximum atomic E-state index is 5.74. The van der Waals surface area contributed by atoms with Crippen molar-refractivity contribution in [3.63, 3.8) is 0 Å². The van der Waals surface area contributed by atoms with E-state index in [2.05, 4.69) is 31.2 Å². The number of aryl methyl sites for hydroxylation is 2. The third-order valence-corrected chi connectivity index (χ3v) is 2.65. The molecule has 0 saturated heterocycles. The lowest BCUT2D eigenvalue weighted by Crippen LogP contribution is -1.95. The summed E-state index contributed by atoms with van der Waals surface area (Å²) in [7, 11) is 0. The van der Waals surface area contributed by atoms with E-state index < -0.39 is 0 Å². The Hall–Kier alpha value is -1.77. The van der Waals surface area contributed by atoms with Gasteiger partial charge >= 0.3 is 0 Å². The first-order chi connectivity index (χ1) is 7.70. The van der Waals surface area contributed by atoms with Crippen molar-refractivity contribution in [1.82, 2.24) is 9.78 Å². The van der Waals surface area contributed by atoms with E-state index >= 15 is 0 Å². The molecule has 0 radical (unpaired) electrons. The second-order valence-electron chi connectivity index (χ2n) is 4.07. The van der Waals surface area contributed by atoms with Crippen LogP contribution in [0.1, 0.15) is 18.9 Å². The first-order valence-electron chi connectivity index (χ1n) is 5.59. The van der Waals surface area contributed by atoms with Crippen molar-refractivity contribution in [2.75, 3.05) is 5.73 Å². The number of benzene rings is 1. The molecule has 0 spiro atoms. The minimum absolute atomic E-state index is 0.808. The van der Waals surface area contributed by atoms with Crippen molar-refractivity contribution < 1.29 is 0 Å². The molecule has 0 bridgehead atoms. The summed E-state index contributed by atoms with van der Waals surface area (Å²) in [6.07, 6.45) is 5.10. The molecule has 1 aromatic carbocycles. The van der Waals surface area contributed by atoms with Crippen LogP contribution in [0.25, 0.3) is 11.1 Å². The van der Waals surface area contributed by atoms with Gasteiger partial charge in [-0.3, -0.25) is 4.68 Å². The summed E-state index contributed by atoms with van der Waals surface area (Å²) < 4.78 is 1.98. The highest BCUT2D eigenvalue weighted by Gasteiger charge is 2.04. The van der Waals surface area contributed by atoms with E-state index in [1.165, 1.54) is 11.1 Å². The lowest BCUT2D eigenvalue weighted by atomic mass is 10.0. The van der Waals surface area contributed by atoms with E-state index in [-0.39, 0.29) is 0 Å². The number of anilines is 1. The predicted molar refractivity (Wildman–Crippen MR) is 67.1 cm³/mol. The second kappa shape index (κ2) is 4.39. The summed E-state index contributed by atoms with van der Waals surface area (Å²) in [5.41, 5.74) is 10.1. The highest BCUT2D eigenvalue weighted by molar-refractivity contribution is 5.68. The van der Waals surface area contributed by atoms with E-state index in [9.17, 15) is 0 Å². The number of rotatable bonds is 3. The van der Waals surface area contributed by atoms with Crippen LogP contribution < -0.4 is 5.73 Å². The summed E-state index contributed by atoms with van der Waals surface area (Å²) in [6, 6.07) is 5.98. The summed E-state index contributed by atoms with van der Waals surface area (Å²) in [5.74, 6) is 0. The van der Waals surface area contributed by atoms with Crippen molar-refractivity contribution in [1.29, 1.82) is 0 Å². The molecule has 16 heavy (non-hydrogen) atoms. The molecule has 0 fully saturated rings. The molecule has 1 heterocycles. The first kappa shape index (κ1) is 10.7. The molecule has 0 amide bonds. The van der Waals surface area contributed by atoms with Crippen LogP contribution in [0.3, 0.4) is 0 Å². The number of nitrogens with zero attached hydrogens (tertiary/aromatic N) is 2. The van der Waals surface area contributed by atoms with Gasteiger partial charge in [0.25, 0.3) is 0 Å². The fraction of sp³-hybridized carbons (Fsp3) is 0.308. The highest BCUT2D eigenvalue weighted by Crippen LogP contribution is 2.24. The van der Waals surface area contributed by atoms with Crippen molar-refractivity contribution in [3.8, 4) is 11.1 Å². The zero-order valence-corrected chi connectivity index (χ0v) is 9.77. The average molecular weight is 215 g/mol. The lowest BCUT2D eigenvalue weighted by molar-refractivity contribution is 0.603. The van der Waals surface area contributed by atoms with E-state index in [1.807, 2.05) is 23.0 Å². The van der Waals surface area contributed by atoms with Gasteiger partial charge in [-0.15, -0.1) is 0 Å². The van der Waals surface area contributed by atoms with E-state index in [0.29, 0.717) is 0 Å². The van der Waals surface area contributed by atoms with Crippen molar-refractivity contribution >= 4 is 5.69 Å². The zero-order chi connectivity index (χ0) is 11.5. The first-order valence-corrected chi connectivity index (χ1v) is 5.59. The van der Waals surface area contributed by atoms with Gasteiger partial charge in [0.05, 0.1) is 6.20 Å². The Kier molecular flexibility index (Phi) is 2.95. The molecule has 3 nitrogen and oxygen atoms in total. The smallest absolute Gasteiger partial charge is 0.0568 e. The number of hydrogen-bond acceptors (Lipinski definition) is 2. The van der Waals surface area contributed by atoms with Gasteiger partial charge in [-0.1, -0.05) is 13.0 Å². The molecular weight excluding hydrogens is 198 g/mol. The third-order valence-electron chi connectivity index (χ3n) is 2.65. The summed E-state index contributed by atoms with van der Waals surface area (Å²) in [5, 5.41) is 4.33. The van der Waals surface area contributed by atoms with Gasteiger partial charge in [-0.25, -0.2) is 0 Å². The number of hydrogen-bond donors (Lipinski definition) is 1. The molecule has 84 valence electrons. The Morgan fingerprint density at radius 2 is 2.19 bits per heavy atom. The summed E-state index contributed by atoms with van der Waals surface area (Å²) >= 11 is 0. The topological polar surface area (TPSA) is 43.8 Å². The largest absolute Gasteiger partial charge is 0.399 e. The molecule has 0 unspecified atom stereocenters. The van der Waals surface area contributed by atoms with Gasteiger partial charge in [0.1, 0.15) is 0 Å². The monoisotopic (exact) mass is 215 g/mol. The second-order valence-corrected chi connectivity index (χ2v) is 4.07. The fourth-order valence-corrected chi connectivity index (χ4v) is 1.86. The zero-order valence-electron chi connectivity index (χ0n) is 9.77. The van der Waals surface area contributed by atoms with Crippen molar-refractivity contribution in [2.24, 2.45) is 0 Å². The molecule has 0 aliphatic rings.